The van der Waals surface area contributed by atoms with Gasteiger partial charge < -0.3 is 10.8 Å². The number of carboxylic acid groups (broad SMARTS) is 1. The summed E-state index contributed by atoms with van der Waals surface area (Å²) in [6.45, 7) is 0. The number of aromatic carboxylic acids is 1. The fraction of sp³-hybridized carbons (Fsp3) is 0.0455. The number of carbonyl (C=O) groups is 1. The van der Waals surface area contributed by atoms with E-state index in [9.17, 15) is 14.9 Å². The highest BCUT2D eigenvalue weighted by Gasteiger charge is 2.20. The first-order valence-electron chi connectivity index (χ1n) is 9.09. The van der Waals surface area contributed by atoms with E-state index >= 15 is 0 Å². The number of benzene rings is 3. The maximum absolute atomic E-state index is 11.2. The maximum Gasteiger partial charge on any atom is 0.342 e. The fourth-order valence-electron chi connectivity index (χ4n) is 2.72. The predicted octanol–water partition coefficient (Wildman–Crippen LogP) is 4.54. The van der Waals surface area contributed by atoms with Crippen molar-refractivity contribution in [3.05, 3.63) is 99.6 Å². The normalized spacial score (nSPS) is 11.5. The summed E-state index contributed by atoms with van der Waals surface area (Å²) in [6.07, 6.45) is 1.55. The number of nitrogens with two attached hydrogens (primary N) is 1. The van der Waals surface area contributed by atoms with E-state index in [0.717, 1.165) is 11.1 Å². The van der Waals surface area contributed by atoms with Crippen LogP contribution in [0.2, 0.25) is 0 Å². The first-order valence-corrected chi connectivity index (χ1v) is 10.1. The van der Waals surface area contributed by atoms with Crippen molar-refractivity contribution in [3.8, 4) is 11.1 Å². The van der Waals surface area contributed by atoms with E-state index < -0.39 is 16.6 Å². The summed E-state index contributed by atoms with van der Waals surface area (Å²) < 4.78 is 0. The van der Waals surface area contributed by atoms with Crippen LogP contribution in [0.5, 0.6) is 0 Å². The molecule has 0 bridgehead atoms. The van der Waals surface area contributed by atoms with E-state index in [0.29, 0.717) is 22.0 Å². The Kier molecular flexibility index (Phi) is 7.13. The van der Waals surface area contributed by atoms with E-state index in [1.807, 2.05) is 30.3 Å². The van der Waals surface area contributed by atoms with E-state index in [4.69, 9.17) is 10.8 Å². The van der Waals surface area contributed by atoms with Crippen molar-refractivity contribution in [2.24, 2.45) is 15.9 Å². The molecular weight excluding hydrogens is 416 g/mol. The third-order valence-corrected chi connectivity index (χ3v) is 5.12. The molecule has 0 radical (unpaired) electrons. The van der Waals surface area contributed by atoms with E-state index in [-0.39, 0.29) is 5.56 Å². The zero-order chi connectivity index (χ0) is 22.2. The average molecular weight is 434 g/mol. The molecule has 0 unspecified atom stereocenters. The number of thioether (sulfide) groups is 1. The van der Waals surface area contributed by atoms with Gasteiger partial charge in [-0.25, -0.2) is 4.79 Å². The zero-order valence-electron chi connectivity index (χ0n) is 16.2. The Morgan fingerprint density at radius 1 is 1.06 bits per heavy atom. The van der Waals surface area contributed by atoms with E-state index in [1.54, 1.807) is 30.5 Å². The van der Waals surface area contributed by atoms with Crippen LogP contribution < -0.4 is 5.73 Å². The lowest BCUT2D eigenvalue weighted by Crippen LogP contribution is -2.05. The molecule has 3 rings (SSSR count). The van der Waals surface area contributed by atoms with Crippen LogP contribution in [-0.2, 0) is 5.75 Å². The molecule has 0 saturated carbocycles. The van der Waals surface area contributed by atoms with Gasteiger partial charge in [0, 0.05) is 11.8 Å². The Bertz CT molecular complexity index is 1150. The second-order valence-electron chi connectivity index (χ2n) is 6.37. The van der Waals surface area contributed by atoms with E-state index in [1.165, 1.54) is 30.0 Å². The minimum Gasteiger partial charge on any atom is -0.477 e. The highest BCUT2D eigenvalue weighted by atomic mass is 32.2. The first kappa shape index (κ1) is 21.7. The van der Waals surface area contributed by atoms with Gasteiger partial charge in [0.1, 0.15) is 5.56 Å². The summed E-state index contributed by atoms with van der Waals surface area (Å²) in [7, 11) is 0. The molecule has 0 heterocycles. The molecule has 0 spiro atoms. The molecule has 0 aliphatic heterocycles. The highest BCUT2D eigenvalue weighted by Crippen LogP contribution is 2.27. The van der Waals surface area contributed by atoms with Gasteiger partial charge in [-0.3, -0.25) is 10.1 Å². The second-order valence-corrected chi connectivity index (χ2v) is 7.37. The molecule has 156 valence electrons. The van der Waals surface area contributed by atoms with Crippen molar-refractivity contribution in [1.29, 1.82) is 0 Å². The number of nitro benzene ring substituents is 1. The van der Waals surface area contributed by atoms with Crippen LogP contribution in [0.3, 0.4) is 0 Å². The van der Waals surface area contributed by atoms with Crippen LogP contribution in [0.15, 0.2) is 83.0 Å². The number of nitrogens with zero attached hydrogens (tertiary/aromatic N) is 3. The minimum atomic E-state index is -1.34. The number of nitro groups is 1. The third-order valence-electron chi connectivity index (χ3n) is 4.26. The van der Waals surface area contributed by atoms with Crippen LogP contribution in [0.1, 0.15) is 21.5 Å². The van der Waals surface area contributed by atoms with Gasteiger partial charge in [-0.1, -0.05) is 72.4 Å². The molecule has 0 atom stereocenters. The van der Waals surface area contributed by atoms with Gasteiger partial charge in [0.2, 0.25) is 0 Å². The lowest BCUT2D eigenvalue weighted by Gasteiger charge is -2.04. The molecule has 3 aromatic carbocycles. The quantitative estimate of drug-likeness (QED) is 0.243. The molecule has 3 aromatic rings. The molecule has 0 aromatic heterocycles. The van der Waals surface area contributed by atoms with Crippen molar-refractivity contribution >= 4 is 34.8 Å². The van der Waals surface area contributed by atoms with Crippen molar-refractivity contribution in [3.63, 3.8) is 0 Å². The van der Waals surface area contributed by atoms with Gasteiger partial charge in [0.15, 0.2) is 5.17 Å². The molecule has 0 amide bonds. The number of amidine groups is 1. The monoisotopic (exact) mass is 434 g/mol. The molecule has 0 aliphatic carbocycles. The van der Waals surface area contributed by atoms with Gasteiger partial charge in [-0.2, -0.15) is 5.10 Å². The zero-order valence-corrected chi connectivity index (χ0v) is 17.0. The largest absolute Gasteiger partial charge is 0.477 e. The summed E-state index contributed by atoms with van der Waals surface area (Å²) in [4.78, 5) is 21.6. The number of carboxylic acids is 1. The van der Waals surface area contributed by atoms with Gasteiger partial charge in [0.05, 0.1) is 11.1 Å². The van der Waals surface area contributed by atoms with Crippen molar-refractivity contribution in [2.45, 2.75) is 5.75 Å². The Hall–Kier alpha value is -3.98. The fourth-order valence-corrected chi connectivity index (χ4v) is 3.33. The lowest BCUT2D eigenvalue weighted by atomic mass is 10.0. The summed E-state index contributed by atoms with van der Waals surface area (Å²) in [5.74, 6) is -0.640. The number of hydrogen-bond donors (Lipinski definition) is 2. The summed E-state index contributed by atoms with van der Waals surface area (Å²) >= 11 is 1.39. The topological polar surface area (TPSA) is 131 Å². The highest BCUT2D eigenvalue weighted by molar-refractivity contribution is 8.13. The van der Waals surface area contributed by atoms with Crippen LogP contribution in [0, 0.1) is 10.1 Å². The molecule has 0 aliphatic rings. The Morgan fingerprint density at radius 3 is 2.39 bits per heavy atom. The summed E-state index contributed by atoms with van der Waals surface area (Å²) in [6, 6.07) is 21.0. The Morgan fingerprint density at radius 2 is 1.74 bits per heavy atom. The SMILES string of the molecule is NC(=NN=Cc1ccc(-c2ccc(C(=O)O)c([N+](=O)[O-])c2)cc1)SCc1ccccc1. The van der Waals surface area contributed by atoms with Gasteiger partial charge in [-0.05, 0) is 28.3 Å². The van der Waals surface area contributed by atoms with Crippen molar-refractivity contribution in [1.82, 2.24) is 0 Å². The predicted molar refractivity (Wildman–Crippen MR) is 122 cm³/mol. The molecule has 31 heavy (non-hydrogen) atoms. The molecular formula is C22H18N4O4S. The van der Waals surface area contributed by atoms with Gasteiger partial charge in [-0.15, -0.1) is 5.10 Å². The lowest BCUT2D eigenvalue weighted by molar-refractivity contribution is -0.385. The van der Waals surface area contributed by atoms with E-state index in [2.05, 4.69) is 10.2 Å². The smallest absolute Gasteiger partial charge is 0.342 e. The van der Waals surface area contributed by atoms with Gasteiger partial charge >= 0.3 is 5.97 Å². The third kappa shape index (κ3) is 6.00. The van der Waals surface area contributed by atoms with Crippen molar-refractivity contribution in [2.75, 3.05) is 0 Å². The molecule has 0 saturated heterocycles. The molecule has 0 fully saturated rings. The average Bonchev–Trinajstić information content (AvgIpc) is 2.78. The standard InChI is InChI=1S/C22H18N4O4S/c23-22(31-14-16-4-2-1-3-5-16)25-24-13-15-6-8-17(9-7-15)18-10-11-19(21(27)28)20(12-18)26(29)30/h1-13H,14H2,(H2,23,25)(H,27,28). The molecule has 9 heteroatoms. The molecule has 8 nitrogen and oxygen atoms in total. The van der Waals surface area contributed by atoms with Crippen LogP contribution in [0.25, 0.3) is 11.1 Å². The number of hydrogen-bond acceptors (Lipinski definition) is 6. The van der Waals surface area contributed by atoms with Crippen LogP contribution >= 0.6 is 11.8 Å². The van der Waals surface area contributed by atoms with Crippen LogP contribution in [0.4, 0.5) is 5.69 Å². The van der Waals surface area contributed by atoms with Gasteiger partial charge in [0.25, 0.3) is 5.69 Å². The number of rotatable bonds is 7. The van der Waals surface area contributed by atoms with Crippen LogP contribution in [-0.4, -0.2) is 27.4 Å². The first-order chi connectivity index (χ1) is 14.9. The molecule has 3 N–H and O–H groups in total. The second kappa shape index (κ2) is 10.2. The van der Waals surface area contributed by atoms with Crippen molar-refractivity contribution < 1.29 is 14.8 Å². The Labute approximate surface area is 182 Å². The summed E-state index contributed by atoms with van der Waals surface area (Å²) in [5.41, 5.74) is 8.22. The summed E-state index contributed by atoms with van der Waals surface area (Å²) in [5, 5.41) is 28.6. The maximum atomic E-state index is 11.2. The minimum absolute atomic E-state index is 0.349. The Balaban J connectivity index is 1.67.